The Hall–Kier alpha value is -2.86. The molecule has 1 aliphatic rings. The molecule has 0 unspecified atom stereocenters. The van der Waals surface area contributed by atoms with Gasteiger partial charge in [0, 0.05) is 54.2 Å². The van der Waals surface area contributed by atoms with Crippen molar-refractivity contribution in [1.82, 2.24) is 10.2 Å². The molecule has 0 atom stereocenters. The van der Waals surface area contributed by atoms with E-state index >= 15 is 0 Å². The van der Waals surface area contributed by atoms with Gasteiger partial charge in [-0.3, -0.25) is 9.59 Å². The number of rotatable bonds is 4. The molecule has 0 radical (unpaired) electrons. The van der Waals surface area contributed by atoms with Crippen molar-refractivity contribution in [2.75, 3.05) is 43.4 Å². The minimum Gasteiger partial charge on any atom is -0.369 e. The van der Waals surface area contributed by atoms with Crippen molar-refractivity contribution in [2.45, 2.75) is 26.3 Å². The Bertz CT molecular complexity index is 846. The summed E-state index contributed by atoms with van der Waals surface area (Å²) in [6.07, 6.45) is 0. The van der Waals surface area contributed by atoms with Crippen LogP contribution in [0.4, 0.5) is 11.4 Å². The molecule has 0 saturated carbocycles. The van der Waals surface area contributed by atoms with Gasteiger partial charge in [0.15, 0.2) is 0 Å². The minimum absolute atomic E-state index is 0.149. The fourth-order valence-electron chi connectivity index (χ4n) is 3.21. The number of nitrogens with one attached hydrogen (secondary N) is 2. The molecule has 6 nitrogen and oxygen atoms in total. The predicted molar refractivity (Wildman–Crippen MR) is 118 cm³/mol. The number of amides is 2. The third kappa shape index (κ3) is 5.81. The zero-order valence-electron chi connectivity index (χ0n) is 17.7. The maximum Gasteiger partial charge on any atom is 0.255 e. The van der Waals surface area contributed by atoms with E-state index in [1.807, 2.05) is 45.0 Å². The molecule has 2 aromatic rings. The summed E-state index contributed by atoms with van der Waals surface area (Å²) < 4.78 is 0. The molecule has 6 heteroatoms. The van der Waals surface area contributed by atoms with Crippen LogP contribution in [0.1, 0.15) is 41.5 Å². The maximum absolute atomic E-state index is 12.5. The SMILES string of the molecule is CN1CCN(c2ccc(NC(=O)c3ccc(C(=O)NC(C)(C)C)cc3)cc2)CC1. The highest BCUT2D eigenvalue weighted by molar-refractivity contribution is 6.05. The average molecular weight is 395 g/mol. The second-order valence-electron chi connectivity index (χ2n) is 8.57. The summed E-state index contributed by atoms with van der Waals surface area (Å²) in [4.78, 5) is 29.4. The lowest BCUT2D eigenvalue weighted by atomic mass is 10.1. The van der Waals surface area contributed by atoms with Gasteiger partial charge < -0.3 is 20.4 Å². The van der Waals surface area contributed by atoms with Crippen molar-refractivity contribution in [1.29, 1.82) is 0 Å². The summed E-state index contributed by atoms with van der Waals surface area (Å²) in [7, 11) is 2.14. The number of piperazine rings is 1. The number of nitrogens with zero attached hydrogens (tertiary/aromatic N) is 2. The van der Waals surface area contributed by atoms with Gasteiger partial charge in [-0.25, -0.2) is 0 Å². The average Bonchev–Trinajstić information content (AvgIpc) is 2.68. The van der Waals surface area contributed by atoms with Crippen LogP contribution in [-0.4, -0.2) is 55.5 Å². The van der Waals surface area contributed by atoms with Gasteiger partial charge in [-0.1, -0.05) is 0 Å². The number of anilines is 2. The molecular weight excluding hydrogens is 364 g/mol. The van der Waals surface area contributed by atoms with Crippen molar-refractivity contribution < 1.29 is 9.59 Å². The molecule has 0 aromatic heterocycles. The number of likely N-dealkylation sites (N-methyl/N-ethyl adjacent to an activating group) is 1. The van der Waals surface area contributed by atoms with Crippen molar-refractivity contribution in [2.24, 2.45) is 0 Å². The lowest BCUT2D eigenvalue weighted by Gasteiger charge is -2.34. The van der Waals surface area contributed by atoms with Gasteiger partial charge in [-0.05, 0) is 76.3 Å². The first-order valence-corrected chi connectivity index (χ1v) is 9.99. The Kier molecular flexibility index (Phi) is 6.23. The van der Waals surface area contributed by atoms with Crippen LogP contribution in [-0.2, 0) is 0 Å². The van der Waals surface area contributed by atoms with E-state index in [4.69, 9.17) is 0 Å². The topological polar surface area (TPSA) is 64.7 Å². The molecule has 29 heavy (non-hydrogen) atoms. The van der Waals surface area contributed by atoms with E-state index in [-0.39, 0.29) is 17.4 Å². The normalized spacial score (nSPS) is 15.1. The largest absolute Gasteiger partial charge is 0.369 e. The van der Waals surface area contributed by atoms with Gasteiger partial charge in [-0.2, -0.15) is 0 Å². The third-order valence-corrected chi connectivity index (χ3v) is 4.89. The van der Waals surface area contributed by atoms with Crippen LogP contribution >= 0.6 is 0 Å². The summed E-state index contributed by atoms with van der Waals surface area (Å²) in [6.45, 7) is 9.93. The number of carbonyl (C=O) groups is 2. The Morgan fingerprint density at radius 2 is 1.31 bits per heavy atom. The van der Waals surface area contributed by atoms with Crippen molar-refractivity contribution in [3.63, 3.8) is 0 Å². The smallest absolute Gasteiger partial charge is 0.255 e. The minimum atomic E-state index is -0.302. The summed E-state index contributed by atoms with van der Waals surface area (Å²) in [5.74, 6) is -0.343. The zero-order valence-corrected chi connectivity index (χ0v) is 17.7. The van der Waals surface area contributed by atoms with Crippen molar-refractivity contribution >= 4 is 23.2 Å². The molecule has 1 fully saturated rings. The van der Waals surface area contributed by atoms with Crippen LogP contribution in [0.25, 0.3) is 0 Å². The summed E-state index contributed by atoms with van der Waals surface area (Å²) in [5, 5.41) is 5.83. The fraction of sp³-hybridized carbons (Fsp3) is 0.391. The van der Waals surface area contributed by atoms with Crippen LogP contribution in [0.3, 0.4) is 0 Å². The Balaban J connectivity index is 1.59. The third-order valence-electron chi connectivity index (χ3n) is 4.89. The van der Waals surface area contributed by atoms with Gasteiger partial charge in [0.2, 0.25) is 0 Å². The molecule has 0 spiro atoms. The standard InChI is InChI=1S/C23H30N4O2/c1-23(2,3)25-22(29)18-7-5-17(6-8-18)21(28)24-19-9-11-20(12-10-19)27-15-13-26(4)14-16-27/h5-12H,13-16H2,1-4H3,(H,24,28)(H,25,29). The predicted octanol–water partition coefficient (Wildman–Crippen LogP) is 3.22. The summed E-state index contributed by atoms with van der Waals surface area (Å²) in [6, 6.07) is 14.6. The Morgan fingerprint density at radius 1 is 0.793 bits per heavy atom. The first-order chi connectivity index (χ1) is 13.7. The highest BCUT2D eigenvalue weighted by Crippen LogP contribution is 2.20. The first-order valence-electron chi connectivity index (χ1n) is 9.99. The molecule has 1 saturated heterocycles. The van der Waals surface area contributed by atoms with Gasteiger partial charge in [0.25, 0.3) is 11.8 Å². The number of hydrogen-bond donors (Lipinski definition) is 2. The second-order valence-corrected chi connectivity index (χ2v) is 8.57. The van der Waals surface area contributed by atoms with Crippen LogP contribution in [0, 0.1) is 0 Å². The highest BCUT2D eigenvalue weighted by Gasteiger charge is 2.16. The van der Waals surface area contributed by atoms with Crippen LogP contribution in [0.5, 0.6) is 0 Å². The molecule has 1 aliphatic heterocycles. The lowest BCUT2D eigenvalue weighted by molar-refractivity contribution is 0.0918. The first kappa shape index (κ1) is 20.9. The van der Waals surface area contributed by atoms with Crippen molar-refractivity contribution in [3.8, 4) is 0 Å². The van der Waals surface area contributed by atoms with Gasteiger partial charge >= 0.3 is 0 Å². The Morgan fingerprint density at radius 3 is 1.83 bits per heavy atom. The lowest BCUT2D eigenvalue weighted by Crippen LogP contribution is -2.44. The molecule has 3 rings (SSSR count). The molecule has 2 aromatic carbocycles. The summed E-state index contributed by atoms with van der Waals surface area (Å²) >= 11 is 0. The molecule has 0 aliphatic carbocycles. The zero-order chi connectivity index (χ0) is 21.0. The van der Waals surface area contributed by atoms with Gasteiger partial charge in [-0.15, -0.1) is 0 Å². The van der Waals surface area contributed by atoms with Gasteiger partial charge in [0.1, 0.15) is 0 Å². The molecule has 2 N–H and O–H groups in total. The number of carbonyl (C=O) groups excluding carboxylic acids is 2. The van der Waals surface area contributed by atoms with Crippen LogP contribution in [0.15, 0.2) is 48.5 Å². The number of benzene rings is 2. The quantitative estimate of drug-likeness (QED) is 0.836. The maximum atomic E-state index is 12.5. The van der Waals surface area contributed by atoms with E-state index in [0.717, 1.165) is 31.9 Å². The van der Waals surface area contributed by atoms with Crippen LogP contribution in [0.2, 0.25) is 0 Å². The monoisotopic (exact) mass is 394 g/mol. The van der Waals surface area contributed by atoms with E-state index in [1.165, 1.54) is 5.69 Å². The fourth-order valence-corrected chi connectivity index (χ4v) is 3.21. The van der Waals surface area contributed by atoms with Crippen molar-refractivity contribution in [3.05, 3.63) is 59.7 Å². The molecule has 2 amide bonds. The van der Waals surface area contributed by atoms with E-state index in [1.54, 1.807) is 24.3 Å². The molecule has 0 bridgehead atoms. The van der Waals surface area contributed by atoms with E-state index in [2.05, 4.69) is 27.5 Å². The van der Waals surface area contributed by atoms with E-state index < -0.39 is 0 Å². The van der Waals surface area contributed by atoms with E-state index in [9.17, 15) is 9.59 Å². The Labute approximate surface area is 172 Å². The number of hydrogen-bond acceptors (Lipinski definition) is 4. The van der Waals surface area contributed by atoms with Crippen LogP contribution < -0.4 is 15.5 Å². The molecular formula is C23H30N4O2. The second kappa shape index (κ2) is 8.66. The highest BCUT2D eigenvalue weighted by atomic mass is 16.2. The van der Waals surface area contributed by atoms with Gasteiger partial charge in [0.05, 0.1) is 0 Å². The molecule has 154 valence electrons. The summed E-state index contributed by atoms with van der Waals surface area (Å²) in [5.41, 5.74) is 2.67. The van der Waals surface area contributed by atoms with E-state index in [0.29, 0.717) is 11.1 Å². The molecule has 1 heterocycles.